The second kappa shape index (κ2) is 3.70. The lowest BCUT2D eigenvalue weighted by molar-refractivity contribution is 0.739. The maximum atomic E-state index is 5.81. The van der Waals surface area contributed by atoms with E-state index in [2.05, 4.69) is 42.9 Å². The van der Waals surface area contributed by atoms with E-state index in [4.69, 9.17) is 5.73 Å². The highest BCUT2D eigenvalue weighted by molar-refractivity contribution is 5.84. The largest absolute Gasteiger partial charge is 0.350 e. The summed E-state index contributed by atoms with van der Waals surface area (Å²) in [6.45, 7) is 4.19. The minimum absolute atomic E-state index is 0.228. The number of benzene rings is 1. The Morgan fingerprint density at radius 3 is 2.80 bits per heavy atom. The van der Waals surface area contributed by atoms with Crippen molar-refractivity contribution in [2.45, 2.75) is 26.3 Å². The van der Waals surface area contributed by atoms with Crippen LogP contribution in [-0.4, -0.2) is 10.6 Å². The molecule has 0 aliphatic carbocycles. The lowest BCUT2D eigenvalue weighted by Crippen LogP contribution is -2.17. The summed E-state index contributed by atoms with van der Waals surface area (Å²) in [5.74, 6) is 0. The Kier molecular flexibility index (Phi) is 2.53. The number of hydrogen-bond donors (Lipinski definition) is 1. The fourth-order valence-corrected chi connectivity index (χ4v) is 2.13. The summed E-state index contributed by atoms with van der Waals surface area (Å²) in [4.78, 5) is 0. The van der Waals surface area contributed by atoms with Gasteiger partial charge in [-0.3, -0.25) is 0 Å². The van der Waals surface area contributed by atoms with Gasteiger partial charge in [0.2, 0.25) is 0 Å². The molecule has 0 aliphatic rings. The molecule has 2 heteroatoms. The van der Waals surface area contributed by atoms with Gasteiger partial charge in [0.1, 0.15) is 0 Å². The molecule has 0 bridgehead atoms. The third kappa shape index (κ3) is 1.90. The first-order valence-electron chi connectivity index (χ1n) is 5.38. The zero-order valence-electron chi connectivity index (χ0n) is 9.62. The molecule has 15 heavy (non-hydrogen) atoms. The van der Waals surface area contributed by atoms with E-state index in [1.165, 1.54) is 22.0 Å². The van der Waals surface area contributed by atoms with Gasteiger partial charge >= 0.3 is 0 Å². The molecule has 0 aliphatic heterocycles. The molecular formula is C13H18N2. The molecular weight excluding hydrogens is 184 g/mol. The summed E-state index contributed by atoms with van der Waals surface area (Å²) in [5, 5.41) is 1.34. The van der Waals surface area contributed by atoms with Crippen LogP contribution in [-0.2, 0) is 13.5 Å². The van der Waals surface area contributed by atoms with Gasteiger partial charge in [0.25, 0.3) is 0 Å². The summed E-state index contributed by atoms with van der Waals surface area (Å²) < 4.78 is 2.17. The Bertz CT molecular complexity index is 480. The Morgan fingerprint density at radius 2 is 2.13 bits per heavy atom. The average Bonchev–Trinajstić information content (AvgIpc) is 2.41. The van der Waals surface area contributed by atoms with Crippen LogP contribution < -0.4 is 5.73 Å². The van der Waals surface area contributed by atoms with Crippen molar-refractivity contribution in [2.75, 3.05) is 0 Å². The zero-order valence-corrected chi connectivity index (χ0v) is 9.62. The van der Waals surface area contributed by atoms with E-state index < -0.39 is 0 Å². The summed E-state index contributed by atoms with van der Waals surface area (Å²) in [6, 6.07) is 6.84. The third-order valence-electron chi connectivity index (χ3n) is 2.81. The minimum atomic E-state index is 0.228. The minimum Gasteiger partial charge on any atom is -0.350 e. The first-order valence-corrected chi connectivity index (χ1v) is 5.38. The summed E-state index contributed by atoms with van der Waals surface area (Å²) in [7, 11) is 2.08. The number of rotatable bonds is 2. The molecule has 2 N–H and O–H groups in total. The van der Waals surface area contributed by atoms with E-state index in [-0.39, 0.29) is 6.04 Å². The number of fused-ring (bicyclic) bond motifs is 1. The Morgan fingerprint density at radius 1 is 1.40 bits per heavy atom. The van der Waals surface area contributed by atoms with Crippen molar-refractivity contribution in [1.29, 1.82) is 0 Å². The van der Waals surface area contributed by atoms with E-state index in [1.54, 1.807) is 0 Å². The van der Waals surface area contributed by atoms with Gasteiger partial charge in [-0.25, -0.2) is 0 Å². The molecule has 1 heterocycles. The highest BCUT2D eigenvalue weighted by atomic mass is 14.9. The molecule has 2 nitrogen and oxygen atoms in total. The second-order valence-electron chi connectivity index (χ2n) is 4.46. The van der Waals surface area contributed by atoms with Gasteiger partial charge in [-0.05, 0) is 43.5 Å². The lowest BCUT2D eigenvalue weighted by atomic mass is 10.0. The van der Waals surface area contributed by atoms with Crippen LogP contribution in [0.1, 0.15) is 18.1 Å². The standard InChI is InChI=1S/C13H18N2/c1-9-8-15(3)13-5-4-11(6-10(2)14)7-12(9)13/h4-5,7-8,10H,6,14H2,1-3H3. The smallest absolute Gasteiger partial charge is 0.0480 e. The van der Waals surface area contributed by atoms with Gasteiger partial charge in [-0.2, -0.15) is 0 Å². The molecule has 2 rings (SSSR count). The van der Waals surface area contributed by atoms with Crippen molar-refractivity contribution >= 4 is 10.9 Å². The number of aryl methyl sites for hydroxylation is 2. The molecule has 1 unspecified atom stereocenters. The highest BCUT2D eigenvalue weighted by Crippen LogP contribution is 2.21. The van der Waals surface area contributed by atoms with Gasteiger partial charge in [-0.1, -0.05) is 6.07 Å². The van der Waals surface area contributed by atoms with E-state index in [9.17, 15) is 0 Å². The summed E-state index contributed by atoms with van der Waals surface area (Å²) >= 11 is 0. The van der Waals surface area contributed by atoms with Crippen LogP contribution in [0.5, 0.6) is 0 Å². The van der Waals surface area contributed by atoms with Gasteiger partial charge in [0.15, 0.2) is 0 Å². The summed E-state index contributed by atoms with van der Waals surface area (Å²) in [6.07, 6.45) is 3.12. The van der Waals surface area contributed by atoms with Crippen LogP contribution in [0, 0.1) is 6.92 Å². The van der Waals surface area contributed by atoms with Crippen molar-refractivity contribution in [2.24, 2.45) is 12.8 Å². The fraction of sp³-hybridized carbons (Fsp3) is 0.385. The number of aromatic nitrogens is 1. The highest BCUT2D eigenvalue weighted by Gasteiger charge is 2.04. The van der Waals surface area contributed by atoms with E-state index in [1.807, 2.05) is 6.92 Å². The Hall–Kier alpha value is -1.28. The molecule has 0 fully saturated rings. The van der Waals surface area contributed by atoms with Crippen LogP contribution in [0.4, 0.5) is 0 Å². The topological polar surface area (TPSA) is 30.9 Å². The maximum Gasteiger partial charge on any atom is 0.0480 e. The molecule has 0 saturated heterocycles. The van der Waals surface area contributed by atoms with Crippen LogP contribution in [0.25, 0.3) is 10.9 Å². The molecule has 0 saturated carbocycles. The molecule has 0 spiro atoms. The second-order valence-corrected chi connectivity index (χ2v) is 4.46. The SMILES string of the molecule is Cc1cn(C)c2ccc(CC(C)N)cc12. The molecule has 2 aromatic rings. The van der Waals surface area contributed by atoms with Crippen molar-refractivity contribution in [1.82, 2.24) is 4.57 Å². The number of nitrogens with two attached hydrogens (primary N) is 1. The van der Waals surface area contributed by atoms with Crippen molar-refractivity contribution in [3.05, 3.63) is 35.5 Å². The van der Waals surface area contributed by atoms with E-state index in [0.717, 1.165) is 6.42 Å². The quantitative estimate of drug-likeness (QED) is 0.796. The Labute approximate surface area is 90.7 Å². The molecule has 1 aromatic heterocycles. The molecule has 0 radical (unpaired) electrons. The monoisotopic (exact) mass is 202 g/mol. The van der Waals surface area contributed by atoms with Gasteiger partial charge in [0, 0.05) is 30.2 Å². The average molecular weight is 202 g/mol. The van der Waals surface area contributed by atoms with E-state index >= 15 is 0 Å². The van der Waals surface area contributed by atoms with Crippen LogP contribution in [0.15, 0.2) is 24.4 Å². The normalized spacial score (nSPS) is 13.3. The lowest BCUT2D eigenvalue weighted by Gasteiger charge is -2.05. The van der Waals surface area contributed by atoms with Gasteiger partial charge < -0.3 is 10.3 Å². The first kappa shape index (κ1) is 10.2. The first-order chi connectivity index (χ1) is 7.08. The Balaban J connectivity index is 2.50. The third-order valence-corrected chi connectivity index (χ3v) is 2.81. The molecule has 1 atom stereocenters. The van der Waals surface area contributed by atoms with Crippen molar-refractivity contribution in [3.63, 3.8) is 0 Å². The van der Waals surface area contributed by atoms with E-state index in [0.29, 0.717) is 0 Å². The van der Waals surface area contributed by atoms with Crippen LogP contribution >= 0.6 is 0 Å². The predicted octanol–water partition coefficient (Wildman–Crippen LogP) is 2.38. The zero-order chi connectivity index (χ0) is 11.0. The number of nitrogens with zero attached hydrogens (tertiary/aromatic N) is 1. The van der Waals surface area contributed by atoms with Crippen LogP contribution in [0.3, 0.4) is 0 Å². The van der Waals surface area contributed by atoms with Crippen LogP contribution in [0.2, 0.25) is 0 Å². The fourth-order valence-electron chi connectivity index (χ4n) is 2.13. The molecule has 1 aromatic carbocycles. The van der Waals surface area contributed by atoms with Crippen molar-refractivity contribution in [3.8, 4) is 0 Å². The maximum absolute atomic E-state index is 5.81. The molecule has 0 amide bonds. The predicted molar refractivity (Wildman–Crippen MR) is 65.0 cm³/mol. The van der Waals surface area contributed by atoms with Gasteiger partial charge in [0.05, 0.1) is 0 Å². The summed E-state index contributed by atoms with van der Waals surface area (Å²) in [5.41, 5.74) is 9.76. The number of hydrogen-bond acceptors (Lipinski definition) is 1. The molecule has 80 valence electrons. The van der Waals surface area contributed by atoms with Gasteiger partial charge in [-0.15, -0.1) is 0 Å². The van der Waals surface area contributed by atoms with Crippen molar-refractivity contribution < 1.29 is 0 Å².